The zero-order valence-electron chi connectivity index (χ0n) is 12.2. The first-order valence-electron chi connectivity index (χ1n) is 6.74. The van der Waals surface area contributed by atoms with Crippen molar-refractivity contribution in [1.82, 2.24) is 4.90 Å². The van der Waals surface area contributed by atoms with Crippen molar-refractivity contribution < 1.29 is 19.1 Å². The Balaban J connectivity index is 1.74. The minimum Gasteiger partial charge on any atom is -0.492 e. The van der Waals surface area contributed by atoms with Crippen molar-refractivity contribution in [3.63, 3.8) is 0 Å². The SMILES string of the molecule is Cc1ccc(CN(C)CCOc2ccc(C(=O)O)cc2)o1. The first-order chi connectivity index (χ1) is 10.0. The number of aryl methyl sites for hydroxylation is 1. The Hall–Kier alpha value is -2.27. The van der Waals surface area contributed by atoms with E-state index in [0.29, 0.717) is 12.4 Å². The molecule has 0 bridgehead atoms. The summed E-state index contributed by atoms with van der Waals surface area (Å²) in [5.41, 5.74) is 0.257. The molecule has 0 saturated heterocycles. The van der Waals surface area contributed by atoms with Crippen molar-refractivity contribution in [2.75, 3.05) is 20.2 Å². The maximum Gasteiger partial charge on any atom is 0.335 e. The van der Waals surface area contributed by atoms with Gasteiger partial charge in [0, 0.05) is 6.54 Å². The number of nitrogens with zero attached hydrogens (tertiary/aromatic N) is 1. The Labute approximate surface area is 123 Å². The second-order valence-electron chi connectivity index (χ2n) is 4.93. The van der Waals surface area contributed by atoms with E-state index < -0.39 is 5.97 Å². The van der Waals surface area contributed by atoms with Crippen LogP contribution in [0.25, 0.3) is 0 Å². The largest absolute Gasteiger partial charge is 0.492 e. The van der Waals surface area contributed by atoms with E-state index in [9.17, 15) is 4.79 Å². The summed E-state index contributed by atoms with van der Waals surface area (Å²) in [4.78, 5) is 12.8. The summed E-state index contributed by atoms with van der Waals surface area (Å²) in [6, 6.07) is 10.3. The van der Waals surface area contributed by atoms with Gasteiger partial charge in [0.15, 0.2) is 0 Å². The van der Waals surface area contributed by atoms with Crippen molar-refractivity contribution in [2.45, 2.75) is 13.5 Å². The van der Waals surface area contributed by atoms with Gasteiger partial charge in [0.1, 0.15) is 23.9 Å². The van der Waals surface area contributed by atoms with E-state index in [1.165, 1.54) is 12.1 Å². The molecule has 0 saturated carbocycles. The molecule has 0 fully saturated rings. The van der Waals surface area contributed by atoms with Crippen LogP contribution in [0.15, 0.2) is 40.8 Å². The molecular weight excluding hydrogens is 270 g/mol. The molecule has 0 aliphatic carbocycles. The lowest BCUT2D eigenvalue weighted by molar-refractivity contribution is 0.0697. The van der Waals surface area contributed by atoms with Gasteiger partial charge in [-0.2, -0.15) is 0 Å². The highest BCUT2D eigenvalue weighted by atomic mass is 16.5. The third-order valence-corrected chi connectivity index (χ3v) is 3.06. The number of rotatable bonds is 7. The second kappa shape index (κ2) is 6.95. The van der Waals surface area contributed by atoms with Crippen LogP contribution in [0, 0.1) is 6.92 Å². The normalized spacial score (nSPS) is 10.8. The molecule has 21 heavy (non-hydrogen) atoms. The standard InChI is InChI=1S/C16H19NO4/c1-12-3-6-15(21-12)11-17(2)9-10-20-14-7-4-13(5-8-14)16(18)19/h3-8H,9-11H2,1-2H3,(H,18,19). The van der Waals surface area contributed by atoms with Crippen LogP contribution in [-0.4, -0.2) is 36.2 Å². The maximum atomic E-state index is 10.7. The smallest absolute Gasteiger partial charge is 0.335 e. The van der Waals surface area contributed by atoms with Crippen molar-refractivity contribution >= 4 is 5.97 Å². The van der Waals surface area contributed by atoms with E-state index in [0.717, 1.165) is 24.6 Å². The molecule has 0 spiro atoms. The summed E-state index contributed by atoms with van der Waals surface area (Å²) in [6.07, 6.45) is 0. The molecule has 2 aromatic rings. The lowest BCUT2D eigenvalue weighted by atomic mass is 10.2. The molecule has 0 aliphatic heterocycles. The summed E-state index contributed by atoms with van der Waals surface area (Å²) in [5.74, 6) is 1.58. The fourth-order valence-corrected chi connectivity index (χ4v) is 1.93. The molecular formula is C16H19NO4. The van der Waals surface area contributed by atoms with Crippen molar-refractivity contribution in [3.8, 4) is 5.75 Å². The molecule has 0 atom stereocenters. The van der Waals surface area contributed by atoms with Gasteiger partial charge in [-0.15, -0.1) is 0 Å². The number of hydrogen-bond donors (Lipinski definition) is 1. The van der Waals surface area contributed by atoms with Gasteiger partial charge in [-0.3, -0.25) is 4.90 Å². The molecule has 0 aliphatic rings. The lowest BCUT2D eigenvalue weighted by Crippen LogP contribution is -2.23. The van der Waals surface area contributed by atoms with Crippen LogP contribution in [0.5, 0.6) is 5.75 Å². The van der Waals surface area contributed by atoms with Gasteiger partial charge < -0.3 is 14.3 Å². The Morgan fingerprint density at radius 2 is 1.95 bits per heavy atom. The third-order valence-electron chi connectivity index (χ3n) is 3.06. The summed E-state index contributed by atoms with van der Waals surface area (Å²) >= 11 is 0. The highest BCUT2D eigenvalue weighted by molar-refractivity contribution is 5.87. The van der Waals surface area contributed by atoms with Gasteiger partial charge in [-0.05, 0) is 50.4 Å². The van der Waals surface area contributed by atoms with E-state index in [4.69, 9.17) is 14.3 Å². The van der Waals surface area contributed by atoms with Gasteiger partial charge in [-0.1, -0.05) is 0 Å². The summed E-state index contributed by atoms with van der Waals surface area (Å²) in [7, 11) is 1.99. The molecule has 112 valence electrons. The number of aromatic carboxylic acids is 1. The number of carboxylic acid groups (broad SMARTS) is 1. The van der Waals surface area contributed by atoms with Crippen LogP contribution in [0.2, 0.25) is 0 Å². The number of carbonyl (C=O) groups is 1. The zero-order chi connectivity index (χ0) is 15.2. The zero-order valence-corrected chi connectivity index (χ0v) is 12.2. The van der Waals surface area contributed by atoms with E-state index in [-0.39, 0.29) is 5.56 Å². The van der Waals surface area contributed by atoms with E-state index in [2.05, 4.69) is 4.90 Å². The quantitative estimate of drug-likeness (QED) is 0.849. The number of carboxylic acids is 1. The Kier molecular flexibility index (Phi) is 5.00. The van der Waals surface area contributed by atoms with Crippen LogP contribution in [0.3, 0.4) is 0 Å². The van der Waals surface area contributed by atoms with Crippen molar-refractivity contribution in [2.24, 2.45) is 0 Å². The molecule has 0 radical (unpaired) electrons. The summed E-state index contributed by atoms with van der Waals surface area (Å²) in [5, 5.41) is 8.81. The van der Waals surface area contributed by atoms with Crippen molar-refractivity contribution in [3.05, 3.63) is 53.5 Å². The molecule has 5 nitrogen and oxygen atoms in total. The number of likely N-dealkylation sites (N-methyl/N-ethyl adjacent to an activating group) is 1. The number of ether oxygens (including phenoxy) is 1. The Bertz CT molecular complexity index is 589. The fourth-order valence-electron chi connectivity index (χ4n) is 1.93. The molecule has 0 unspecified atom stereocenters. The van der Waals surface area contributed by atoms with Crippen LogP contribution in [0.4, 0.5) is 0 Å². The van der Waals surface area contributed by atoms with Gasteiger partial charge in [-0.25, -0.2) is 4.79 Å². The van der Waals surface area contributed by atoms with Gasteiger partial charge in [0.2, 0.25) is 0 Å². The first-order valence-corrected chi connectivity index (χ1v) is 6.74. The van der Waals surface area contributed by atoms with E-state index >= 15 is 0 Å². The summed E-state index contributed by atoms with van der Waals surface area (Å²) < 4.78 is 11.1. The number of hydrogen-bond acceptors (Lipinski definition) is 4. The molecule has 2 rings (SSSR count). The van der Waals surface area contributed by atoms with Crippen LogP contribution in [0.1, 0.15) is 21.9 Å². The molecule has 0 amide bonds. The van der Waals surface area contributed by atoms with Crippen LogP contribution < -0.4 is 4.74 Å². The molecule has 5 heteroatoms. The average molecular weight is 289 g/mol. The monoisotopic (exact) mass is 289 g/mol. The first kappa shape index (κ1) is 15.1. The van der Waals surface area contributed by atoms with E-state index in [1.807, 2.05) is 26.1 Å². The fraction of sp³-hybridized carbons (Fsp3) is 0.312. The Morgan fingerprint density at radius 1 is 1.24 bits per heavy atom. The van der Waals surface area contributed by atoms with Crippen molar-refractivity contribution in [1.29, 1.82) is 0 Å². The van der Waals surface area contributed by atoms with Gasteiger partial charge in [0.25, 0.3) is 0 Å². The third kappa shape index (κ3) is 4.65. The topological polar surface area (TPSA) is 62.9 Å². The molecule has 1 heterocycles. The van der Waals surface area contributed by atoms with Crippen LogP contribution >= 0.6 is 0 Å². The number of benzene rings is 1. The minimum absolute atomic E-state index is 0.257. The average Bonchev–Trinajstić information content (AvgIpc) is 2.84. The molecule has 1 aromatic carbocycles. The Morgan fingerprint density at radius 3 is 2.52 bits per heavy atom. The maximum absolute atomic E-state index is 10.7. The van der Waals surface area contributed by atoms with Gasteiger partial charge >= 0.3 is 5.97 Å². The molecule has 1 aromatic heterocycles. The minimum atomic E-state index is -0.935. The van der Waals surface area contributed by atoms with Crippen LogP contribution in [-0.2, 0) is 6.54 Å². The predicted molar refractivity (Wildman–Crippen MR) is 78.7 cm³/mol. The highest BCUT2D eigenvalue weighted by Crippen LogP contribution is 2.12. The lowest BCUT2D eigenvalue weighted by Gasteiger charge is -2.15. The molecule has 1 N–H and O–H groups in total. The summed E-state index contributed by atoms with van der Waals surface area (Å²) in [6.45, 7) is 3.94. The number of furan rings is 1. The van der Waals surface area contributed by atoms with E-state index in [1.54, 1.807) is 12.1 Å². The second-order valence-corrected chi connectivity index (χ2v) is 4.93. The highest BCUT2D eigenvalue weighted by Gasteiger charge is 2.05. The predicted octanol–water partition coefficient (Wildman–Crippen LogP) is 2.80. The van der Waals surface area contributed by atoms with Gasteiger partial charge in [0.05, 0.1) is 12.1 Å².